The standard InChI is InChI=1S/C59H118N2O5/c1-5-9-13-17-20-22-24-26-29-39-51-64-55-58(65-52-40-30-27-25-23-21-18-14-10-6-2)53-60(47-48-61(49-50-62)57-43-35-31-36-44-57)46-38-32-37-45-59(63)66-54-56(41-33-16-12-8-4)42-34-28-19-15-11-7-3/h56-58,62H,5-55H2,1-4H3. The molecule has 7 heteroatoms. The van der Waals surface area contributed by atoms with Gasteiger partial charge in [0.15, 0.2) is 0 Å². The maximum Gasteiger partial charge on any atom is 0.305 e. The zero-order chi connectivity index (χ0) is 47.6. The molecule has 394 valence electrons. The van der Waals surface area contributed by atoms with Crippen LogP contribution in [-0.2, 0) is 19.0 Å². The Morgan fingerprint density at radius 3 is 1.50 bits per heavy atom. The summed E-state index contributed by atoms with van der Waals surface area (Å²) in [5, 5.41) is 10.1. The van der Waals surface area contributed by atoms with Crippen LogP contribution in [0.2, 0.25) is 0 Å². The van der Waals surface area contributed by atoms with Gasteiger partial charge in [-0.2, -0.15) is 0 Å². The average Bonchev–Trinajstić information content (AvgIpc) is 3.33. The van der Waals surface area contributed by atoms with Crippen LogP contribution in [0.3, 0.4) is 0 Å². The van der Waals surface area contributed by atoms with Crippen LogP contribution in [0, 0.1) is 5.92 Å². The van der Waals surface area contributed by atoms with Crippen LogP contribution < -0.4 is 0 Å². The maximum absolute atomic E-state index is 13.0. The molecule has 1 aliphatic carbocycles. The molecule has 0 bridgehead atoms. The number of aliphatic hydroxyl groups is 1. The summed E-state index contributed by atoms with van der Waals surface area (Å²) in [4.78, 5) is 18.2. The minimum atomic E-state index is 0.000447. The van der Waals surface area contributed by atoms with Crippen molar-refractivity contribution in [2.75, 3.05) is 65.8 Å². The van der Waals surface area contributed by atoms with Crippen LogP contribution in [0.5, 0.6) is 0 Å². The van der Waals surface area contributed by atoms with Gasteiger partial charge in [-0.25, -0.2) is 0 Å². The molecule has 1 saturated carbocycles. The molecule has 0 radical (unpaired) electrons. The van der Waals surface area contributed by atoms with Crippen LogP contribution in [0.1, 0.15) is 291 Å². The molecule has 1 aliphatic rings. The van der Waals surface area contributed by atoms with Crippen LogP contribution in [0.25, 0.3) is 0 Å². The minimum Gasteiger partial charge on any atom is -0.465 e. The van der Waals surface area contributed by atoms with E-state index in [4.69, 9.17) is 14.2 Å². The number of ether oxygens (including phenoxy) is 3. The first kappa shape index (κ1) is 63.3. The number of aliphatic hydroxyl groups excluding tert-OH is 1. The molecule has 2 atom stereocenters. The van der Waals surface area contributed by atoms with E-state index in [9.17, 15) is 9.90 Å². The van der Waals surface area contributed by atoms with Crippen molar-refractivity contribution in [3.8, 4) is 0 Å². The van der Waals surface area contributed by atoms with E-state index < -0.39 is 0 Å². The summed E-state index contributed by atoms with van der Waals surface area (Å²) >= 11 is 0. The maximum atomic E-state index is 13.0. The second-order valence-corrected chi connectivity index (χ2v) is 21.0. The van der Waals surface area contributed by atoms with Crippen molar-refractivity contribution in [2.24, 2.45) is 5.92 Å². The lowest BCUT2D eigenvalue weighted by molar-refractivity contribution is -0.145. The quantitative estimate of drug-likeness (QED) is 0.0481. The van der Waals surface area contributed by atoms with E-state index in [1.54, 1.807) is 0 Å². The zero-order valence-electron chi connectivity index (χ0n) is 45.3. The highest BCUT2D eigenvalue weighted by atomic mass is 16.5. The Morgan fingerprint density at radius 2 is 0.970 bits per heavy atom. The van der Waals surface area contributed by atoms with Crippen molar-refractivity contribution >= 4 is 5.97 Å². The van der Waals surface area contributed by atoms with Crippen molar-refractivity contribution in [3.05, 3.63) is 0 Å². The molecule has 0 aromatic rings. The molecule has 1 fully saturated rings. The predicted octanol–water partition coefficient (Wildman–Crippen LogP) is 16.6. The van der Waals surface area contributed by atoms with Gasteiger partial charge in [-0.15, -0.1) is 0 Å². The minimum absolute atomic E-state index is 0.000447. The Balaban J connectivity index is 2.77. The molecular weight excluding hydrogens is 817 g/mol. The normalized spacial score (nSPS) is 14.5. The smallest absolute Gasteiger partial charge is 0.305 e. The molecular formula is C59H118N2O5. The highest BCUT2D eigenvalue weighted by Crippen LogP contribution is 2.23. The topological polar surface area (TPSA) is 71.5 Å². The number of hydrogen-bond acceptors (Lipinski definition) is 7. The Bertz CT molecular complexity index is 963. The van der Waals surface area contributed by atoms with E-state index in [0.29, 0.717) is 31.6 Å². The fraction of sp³-hybridized carbons (Fsp3) is 0.983. The molecule has 0 spiro atoms. The van der Waals surface area contributed by atoms with Crippen LogP contribution in [0.15, 0.2) is 0 Å². The SMILES string of the molecule is CCCCCCCCCCCCOCC(CN(CCCCCC(=O)OCC(CCCCCC)CCCCCCCC)CCN(CCO)C1CCCCC1)OCCCCCCCCCCCC. The van der Waals surface area contributed by atoms with Gasteiger partial charge in [0.05, 0.1) is 25.9 Å². The number of unbranched alkanes of at least 4 members (excludes halogenated alkanes) is 28. The summed E-state index contributed by atoms with van der Waals surface area (Å²) in [6, 6.07) is 0.591. The molecule has 1 rings (SSSR count). The van der Waals surface area contributed by atoms with Gasteiger partial charge in [-0.05, 0) is 63.8 Å². The largest absolute Gasteiger partial charge is 0.465 e. The van der Waals surface area contributed by atoms with Gasteiger partial charge in [0.2, 0.25) is 0 Å². The Labute approximate surface area is 413 Å². The van der Waals surface area contributed by atoms with E-state index >= 15 is 0 Å². The van der Waals surface area contributed by atoms with Crippen molar-refractivity contribution in [3.63, 3.8) is 0 Å². The van der Waals surface area contributed by atoms with Gasteiger partial charge in [0.25, 0.3) is 0 Å². The molecule has 0 aliphatic heterocycles. The predicted molar refractivity (Wildman–Crippen MR) is 286 cm³/mol. The summed E-state index contributed by atoms with van der Waals surface area (Å²) in [5.41, 5.74) is 0. The molecule has 2 unspecified atom stereocenters. The third-order valence-corrected chi connectivity index (χ3v) is 14.7. The molecule has 66 heavy (non-hydrogen) atoms. The highest BCUT2D eigenvalue weighted by molar-refractivity contribution is 5.69. The number of rotatable bonds is 53. The third-order valence-electron chi connectivity index (χ3n) is 14.7. The van der Waals surface area contributed by atoms with Gasteiger partial charge in [0.1, 0.15) is 0 Å². The number of nitrogens with zero attached hydrogens (tertiary/aromatic N) is 2. The summed E-state index contributed by atoms with van der Waals surface area (Å²) < 4.78 is 19.1. The van der Waals surface area contributed by atoms with Gasteiger partial charge in [-0.1, -0.05) is 233 Å². The molecule has 0 saturated heterocycles. The number of carbonyl (C=O) groups is 1. The van der Waals surface area contributed by atoms with Crippen LogP contribution >= 0.6 is 0 Å². The second-order valence-electron chi connectivity index (χ2n) is 21.0. The van der Waals surface area contributed by atoms with Gasteiger partial charge in [-0.3, -0.25) is 14.6 Å². The molecule has 0 amide bonds. The molecule has 7 nitrogen and oxygen atoms in total. The fourth-order valence-corrected chi connectivity index (χ4v) is 10.3. The van der Waals surface area contributed by atoms with Crippen molar-refractivity contribution in [2.45, 2.75) is 303 Å². The lowest BCUT2D eigenvalue weighted by Gasteiger charge is -2.36. The lowest BCUT2D eigenvalue weighted by Crippen LogP contribution is -2.45. The monoisotopic (exact) mass is 935 g/mol. The van der Waals surface area contributed by atoms with Crippen LogP contribution in [-0.4, -0.2) is 98.8 Å². The van der Waals surface area contributed by atoms with E-state index in [1.165, 1.54) is 225 Å². The third kappa shape index (κ3) is 41.1. The van der Waals surface area contributed by atoms with Gasteiger partial charge < -0.3 is 19.3 Å². The van der Waals surface area contributed by atoms with E-state index in [1.807, 2.05) is 0 Å². The van der Waals surface area contributed by atoms with E-state index in [0.717, 1.165) is 78.0 Å². The Hall–Kier alpha value is -0.730. The molecule has 1 N–H and O–H groups in total. The summed E-state index contributed by atoms with van der Waals surface area (Å²) in [7, 11) is 0. The zero-order valence-corrected chi connectivity index (χ0v) is 45.3. The first-order valence-electron chi connectivity index (χ1n) is 30.0. The Kier molecular flexibility index (Phi) is 48.6. The van der Waals surface area contributed by atoms with E-state index in [-0.39, 0.29) is 18.7 Å². The van der Waals surface area contributed by atoms with Crippen molar-refractivity contribution in [1.29, 1.82) is 0 Å². The highest BCUT2D eigenvalue weighted by Gasteiger charge is 2.23. The number of hydrogen-bond donors (Lipinski definition) is 1. The number of carbonyl (C=O) groups excluding carboxylic acids is 1. The first-order chi connectivity index (χ1) is 32.6. The van der Waals surface area contributed by atoms with Gasteiger partial charge >= 0.3 is 5.97 Å². The molecule has 0 aromatic carbocycles. The molecule has 0 heterocycles. The summed E-state index contributed by atoms with van der Waals surface area (Å²) in [6.07, 6.45) is 52.3. The van der Waals surface area contributed by atoms with Crippen molar-refractivity contribution in [1.82, 2.24) is 9.80 Å². The first-order valence-corrected chi connectivity index (χ1v) is 30.0. The van der Waals surface area contributed by atoms with Crippen LogP contribution in [0.4, 0.5) is 0 Å². The summed E-state index contributed by atoms with van der Waals surface area (Å²) in [5.74, 6) is 0.518. The van der Waals surface area contributed by atoms with Gasteiger partial charge in [0, 0.05) is 51.9 Å². The average molecular weight is 936 g/mol. The Morgan fingerprint density at radius 1 is 0.500 bits per heavy atom. The number of esters is 1. The summed E-state index contributed by atoms with van der Waals surface area (Å²) in [6.45, 7) is 16.9. The molecule has 0 aromatic heterocycles. The van der Waals surface area contributed by atoms with E-state index in [2.05, 4.69) is 37.5 Å². The second kappa shape index (κ2) is 50.7. The fourth-order valence-electron chi connectivity index (χ4n) is 10.3. The lowest BCUT2D eigenvalue weighted by atomic mass is 9.94. The van der Waals surface area contributed by atoms with Crippen molar-refractivity contribution < 1.29 is 24.1 Å².